The molecule has 0 radical (unpaired) electrons. The van der Waals surface area contributed by atoms with Gasteiger partial charge in [-0.2, -0.15) is 0 Å². The highest BCUT2D eigenvalue weighted by Crippen LogP contribution is 2.38. The van der Waals surface area contributed by atoms with Gasteiger partial charge in [-0.25, -0.2) is 0 Å². The summed E-state index contributed by atoms with van der Waals surface area (Å²) in [5.41, 5.74) is 8.09. The molecule has 0 aromatic heterocycles. The lowest BCUT2D eigenvalue weighted by molar-refractivity contribution is -0.145. The summed E-state index contributed by atoms with van der Waals surface area (Å²) in [4.78, 5) is 42.7. The smallest absolute Gasteiger partial charge is 0.329 e. The largest absolute Gasteiger partial charge is 0.461 e. The van der Waals surface area contributed by atoms with E-state index in [-0.39, 0.29) is 32.5 Å². The van der Waals surface area contributed by atoms with Crippen molar-refractivity contribution in [2.45, 2.75) is 44.9 Å². The summed E-state index contributed by atoms with van der Waals surface area (Å²) < 4.78 is 21.9. The molecule has 0 spiro atoms. The lowest BCUT2D eigenvalue weighted by Crippen LogP contribution is -2.23. The highest BCUT2D eigenvalue weighted by atomic mass is 31.2. The molecule has 0 bridgehead atoms. The minimum absolute atomic E-state index is 0.0969. The normalized spacial score (nSPS) is 12.8. The minimum Gasteiger partial charge on any atom is -0.461 e. The average Bonchev–Trinajstić information content (AvgIpc) is 2.76. The van der Waals surface area contributed by atoms with Crippen LogP contribution >= 0.6 is 7.60 Å². The second kappa shape index (κ2) is 13.7. The maximum atomic E-state index is 12.0. The first kappa shape index (κ1) is 26.5. The Bertz CT molecular complexity index is 957. The SMILES string of the molecule is NC(C=C(CCCC(=O)OCc1ccccc1)CP(=O)(O)O)CC(=O)OCc1ccccc1. The highest BCUT2D eigenvalue weighted by molar-refractivity contribution is 7.52. The van der Waals surface area contributed by atoms with Crippen molar-refractivity contribution in [2.75, 3.05) is 6.16 Å². The van der Waals surface area contributed by atoms with Gasteiger partial charge < -0.3 is 25.0 Å². The standard InChI is InChI=1S/C24H30NO7P/c25-22(15-24(27)32-17-20-10-5-2-6-11-20)14-21(18-33(28,29)30)12-7-13-23(26)31-16-19-8-3-1-4-9-19/h1-6,8-11,14,22H,7,12-13,15-18,25H2,(H2,28,29,30). The quantitative estimate of drug-likeness (QED) is 0.228. The molecule has 2 aromatic carbocycles. The maximum absolute atomic E-state index is 12.0. The van der Waals surface area contributed by atoms with E-state index in [2.05, 4.69) is 0 Å². The molecule has 0 aliphatic rings. The van der Waals surface area contributed by atoms with Gasteiger partial charge in [-0.15, -0.1) is 0 Å². The molecule has 0 saturated carbocycles. The van der Waals surface area contributed by atoms with Gasteiger partial charge in [0.25, 0.3) is 0 Å². The molecule has 1 atom stereocenters. The fraction of sp³-hybridized carbons (Fsp3) is 0.333. The van der Waals surface area contributed by atoms with E-state index >= 15 is 0 Å². The molecule has 2 rings (SSSR count). The first-order valence-corrected chi connectivity index (χ1v) is 12.4. The van der Waals surface area contributed by atoms with Gasteiger partial charge >= 0.3 is 19.5 Å². The zero-order valence-electron chi connectivity index (χ0n) is 18.3. The Morgan fingerprint density at radius 1 is 0.879 bits per heavy atom. The topological polar surface area (TPSA) is 136 Å². The molecule has 8 nitrogen and oxygen atoms in total. The fourth-order valence-electron chi connectivity index (χ4n) is 3.10. The van der Waals surface area contributed by atoms with Crippen LogP contribution < -0.4 is 5.73 Å². The Morgan fingerprint density at radius 2 is 1.39 bits per heavy atom. The molecule has 0 fully saturated rings. The van der Waals surface area contributed by atoms with Crippen LogP contribution in [0.4, 0.5) is 0 Å². The van der Waals surface area contributed by atoms with E-state index in [1.54, 1.807) is 0 Å². The van der Waals surface area contributed by atoms with Crippen LogP contribution in [0.5, 0.6) is 0 Å². The molecule has 0 saturated heterocycles. The third kappa shape index (κ3) is 12.2. The van der Waals surface area contributed by atoms with Gasteiger partial charge in [-0.1, -0.05) is 72.3 Å². The van der Waals surface area contributed by atoms with Crippen LogP contribution in [0, 0.1) is 0 Å². The summed E-state index contributed by atoms with van der Waals surface area (Å²) >= 11 is 0. The minimum atomic E-state index is -4.34. The zero-order chi connectivity index (χ0) is 24.1. The molecular formula is C24H30NO7P. The zero-order valence-corrected chi connectivity index (χ0v) is 19.2. The number of nitrogens with two attached hydrogens (primary N) is 1. The van der Waals surface area contributed by atoms with Gasteiger partial charge in [0.05, 0.1) is 12.6 Å². The summed E-state index contributed by atoms with van der Waals surface area (Å²) in [6.07, 6.45) is 1.54. The van der Waals surface area contributed by atoms with E-state index in [1.165, 1.54) is 6.08 Å². The average molecular weight is 475 g/mol. The first-order chi connectivity index (χ1) is 15.7. The molecule has 0 amide bonds. The van der Waals surface area contributed by atoms with Gasteiger partial charge in [0.1, 0.15) is 13.2 Å². The highest BCUT2D eigenvalue weighted by Gasteiger charge is 2.18. The molecule has 0 aliphatic heterocycles. The molecule has 9 heteroatoms. The van der Waals surface area contributed by atoms with Crippen molar-refractivity contribution >= 4 is 19.5 Å². The molecular weight excluding hydrogens is 445 g/mol. The van der Waals surface area contributed by atoms with Crippen molar-refractivity contribution in [2.24, 2.45) is 5.73 Å². The molecule has 178 valence electrons. The third-order valence-corrected chi connectivity index (χ3v) is 5.44. The van der Waals surface area contributed by atoms with E-state index < -0.39 is 31.7 Å². The predicted octanol–water partition coefficient (Wildman–Crippen LogP) is 3.47. The number of ether oxygens (including phenoxy) is 2. The van der Waals surface area contributed by atoms with Crippen molar-refractivity contribution in [3.8, 4) is 0 Å². The Morgan fingerprint density at radius 3 is 1.91 bits per heavy atom. The Hall–Kier alpha value is -2.77. The van der Waals surface area contributed by atoms with E-state index in [4.69, 9.17) is 15.2 Å². The van der Waals surface area contributed by atoms with E-state index in [0.29, 0.717) is 12.0 Å². The van der Waals surface area contributed by atoms with Gasteiger partial charge in [0.2, 0.25) is 0 Å². The first-order valence-electron chi connectivity index (χ1n) is 10.6. The summed E-state index contributed by atoms with van der Waals surface area (Å²) in [6, 6.07) is 17.7. The van der Waals surface area contributed by atoms with Crippen molar-refractivity contribution in [1.82, 2.24) is 0 Å². The molecule has 33 heavy (non-hydrogen) atoms. The molecule has 0 heterocycles. The Kier molecular flexibility index (Phi) is 11.0. The van der Waals surface area contributed by atoms with Crippen LogP contribution in [0.2, 0.25) is 0 Å². The Labute approximate surface area is 193 Å². The molecule has 4 N–H and O–H groups in total. The number of carbonyl (C=O) groups is 2. The third-order valence-electron chi connectivity index (χ3n) is 4.63. The lowest BCUT2D eigenvalue weighted by atomic mass is 10.1. The molecule has 0 aliphatic carbocycles. The summed E-state index contributed by atoms with van der Waals surface area (Å²) in [6.45, 7) is 0.289. The van der Waals surface area contributed by atoms with E-state index in [9.17, 15) is 23.9 Å². The Balaban J connectivity index is 1.81. The summed E-state index contributed by atoms with van der Waals surface area (Å²) in [5.74, 6) is -0.911. The van der Waals surface area contributed by atoms with E-state index in [0.717, 1.165) is 11.1 Å². The number of allylic oxidation sites excluding steroid dienone is 1. The van der Waals surface area contributed by atoms with Crippen molar-refractivity contribution in [3.05, 3.63) is 83.4 Å². The second-order valence-corrected chi connectivity index (χ2v) is 9.31. The van der Waals surface area contributed by atoms with Crippen LogP contribution in [-0.4, -0.2) is 33.9 Å². The molecule has 1 unspecified atom stereocenters. The summed E-state index contributed by atoms with van der Waals surface area (Å²) in [5, 5.41) is 0. The molecule has 2 aromatic rings. The number of rotatable bonds is 13. The van der Waals surface area contributed by atoms with Crippen molar-refractivity contribution in [1.29, 1.82) is 0 Å². The lowest BCUT2D eigenvalue weighted by Gasteiger charge is -2.13. The van der Waals surface area contributed by atoms with Gasteiger partial charge in [-0.05, 0) is 24.0 Å². The van der Waals surface area contributed by atoms with Gasteiger partial charge in [-0.3, -0.25) is 14.2 Å². The van der Waals surface area contributed by atoms with E-state index in [1.807, 2.05) is 60.7 Å². The second-order valence-electron chi connectivity index (χ2n) is 7.66. The number of carbonyl (C=O) groups excluding carboxylic acids is 2. The van der Waals surface area contributed by atoms with Crippen LogP contribution in [0.25, 0.3) is 0 Å². The van der Waals surface area contributed by atoms with Gasteiger partial charge in [0.15, 0.2) is 0 Å². The van der Waals surface area contributed by atoms with Crippen molar-refractivity contribution < 1.29 is 33.4 Å². The summed E-state index contributed by atoms with van der Waals surface area (Å²) in [7, 11) is -4.34. The van der Waals surface area contributed by atoms with Gasteiger partial charge in [0, 0.05) is 12.5 Å². The van der Waals surface area contributed by atoms with Crippen LogP contribution in [0.15, 0.2) is 72.3 Å². The van der Waals surface area contributed by atoms with Crippen LogP contribution in [0.3, 0.4) is 0 Å². The number of esters is 2. The number of hydrogen-bond acceptors (Lipinski definition) is 6. The predicted molar refractivity (Wildman–Crippen MR) is 124 cm³/mol. The van der Waals surface area contributed by atoms with Crippen LogP contribution in [-0.2, 0) is 36.8 Å². The van der Waals surface area contributed by atoms with Crippen molar-refractivity contribution in [3.63, 3.8) is 0 Å². The van der Waals surface area contributed by atoms with Crippen LogP contribution in [0.1, 0.15) is 36.8 Å². The maximum Gasteiger partial charge on any atom is 0.329 e. The number of benzene rings is 2. The number of hydrogen-bond donors (Lipinski definition) is 3. The monoisotopic (exact) mass is 475 g/mol. The fourth-order valence-corrected chi connectivity index (χ4v) is 3.89.